The van der Waals surface area contributed by atoms with Crippen LogP contribution in [-0.2, 0) is 32.3 Å². The molecular formula is C20H20N2O8. The Kier molecular flexibility index (Phi) is 7.04. The van der Waals surface area contributed by atoms with E-state index in [9.17, 15) is 9.59 Å². The second kappa shape index (κ2) is 10.1. The number of ether oxygens (including phenoxy) is 4. The molecule has 10 nitrogen and oxygen atoms in total. The highest BCUT2D eigenvalue weighted by atomic mass is 16.6. The molecule has 0 bridgehead atoms. The summed E-state index contributed by atoms with van der Waals surface area (Å²) in [6, 6.07) is 10.2. The standard InChI is InChI=1S/C20H20N2O8/c1-13-7-17(21-29-13)25-11-19(23)27-9-15-3-5-16(6-4-15)10-28-20(24)12-26-18-8-14(2)30-22-18/h3-8H,9-12H2,1-2H3. The molecule has 0 aliphatic carbocycles. The first-order chi connectivity index (χ1) is 14.5. The van der Waals surface area contributed by atoms with E-state index in [-0.39, 0.29) is 38.2 Å². The number of hydrogen-bond acceptors (Lipinski definition) is 10. The number of carbonyl (C=O) groups is 2. The molecule has 0 spiro atoms. The molecule has 158 valence electrons. The third kappa shape index (κ3) is 6.66. The summed E-state index contributed by atoms with van der Waals surface area (Å²) in [5.74, 6) is 0.560. The van der Waals surface area contributed by atoms with Gasteiger partial charge in [-0.3, -0.25) is 0 Å². The molecule has 30 heavy (non-hydrogen) atoms. The summed E-state index contributed by atoms with van der Waals surface area (Å²) in [5, 5.41) is 7.23. The van der Waals surface area contributed by atoms with Crippen LogP contribution in [0, 0.1) is 13.8 Å². The fourth-order valence-corrected chi connectivity index (χ4v) is 2.23. The van der Waals surface area contributed by atoms with Crippen molar-refractivity contribution in [3.05, 3.63) is 59.0 Å². The Labute approximate surface area is 171 Å². The number of rotatable bonds is 10. The summed E-state index contributed by atoms with van der Waals surface area (Å²) >= 11 is 0. The SMILES string of the molecule is Cc1cc(OCC(=O)OCc2ccc(COC(=O)COc3cc(C)on3)cc2)no1. The highest BCUT2D eigenvalue weighted by Gasteiger charge is 2.09. The minimum Gasteiger partial charge on any atom is -0.463 e. The van der Waals surface area contributed by atoms with E-state index in [1.807, 2.05) is 0 Å². The van der Waals surface area contributed by atoms with E-state index in [0.717, 1.165) is 11.1 Å². The van der Waals surface area contributed by atoms with Crippen LogP contribution < -0.4 is 9.47 Å². The molecule has 10 heteroatoms. The van der Waals surface area contributed by atoms with Gasteiger partial charge in [0.1, 0.15) is 24.7 Å². The minimum atomic E-state index is -0.532. The molecule has 0 unspecified atom stereocenters. The van der Waals surface area contributed by atoms with Gasteiger partial charge in [0.25, 0.3) is 11.8 Å². The van der Waals surface area contributed by atoms with E-state index >= 15 is 0 Å². The first-order valence-electron chi connectivity index (χ1n) is 8.99. The van der Waals surface area contributed by atoms with Crippen LogP contribution in [0.4, 0.5) is 0 Å². The average molecular weight is 416 g/mol. The van der Waals surface area contributed by atoms with E-state index in [4.69, 9.17) is 28.0 Å². The Morgan fingerprint density at radius 2 is 1.17 bits per heavy atom. The summed E-state index contributed by atoms with van der Waals surface area (Å²) in [7, 11) is 0. The number of nitrogens with zero attached hydrogens (tertiary/aromatic N) is 2. The third-order valence-electron chi connectivity index (χ3n) is 3.71. The molecular weight excluding hydrogens is 396 g/mol. The lowest BCUT2D eigenvalue weighted by Gasteiger charge is -2.07. The van der Waals surface area contributed by atoms with Crippen LogP contribution in [0.3, 0.4) is 0 Å². The summed E-state index contributed by atoms with van der Waals surface area (Å²) in [6.07, 6.45) is 0. The normalized spacial score (nSPS) is 10.5. The van der Waals surface area contributed by atoms with Crippen LogP contribution in [0.5, 0.6) is 11.8 Å². The molecule has 2 heterocycles. The zero-order chi connectivity index (χ0) is 21.3. The first-order valence-corrected chi connectivity index (χ1v) is 8.99. The van der Waals surface area contributed by atoms with E-state index in [1.165, 1.54) is 0 Å². The summed E-state index contributed by atoms with van der Waals surface area (Å²) in [5.41, 5.74) is 1.56. The average Bonchev–Trinajstić information content (AvgIpc) is 3.36. The number of aryl methyl sites for hydroxylation is 2. The molecule has 0 aliphatic rings. The minimum absolute atomic E-state index is 0.0884. The fourth-order valence-electron chi connectivity index (χ4n) is 2.23. The summed E-state index contributed by atoms with van der Waals surface area (Å²) < 4.78 is 30.2. The van der Waals surface area contributed by atoms with Crippen LogP contribution >= 0.6 is 0 Å². The van der Waals surface area contributed by atoms with E-state index in [1.54, 1.807) is 50.2 Å². The van der Waals surface area contributed by atoms with Gasteiger partial charge in [0.2, 0.25) is 0 Å². The predicted octanol–water partition coefficient (Wildman–Crippen LogP) is 2.52. The van der Waals surface area contributed by atoms with Crippen molar-refractivity contribution in [2.24, 2.45) is 0 Å². The Balaban J connectivity index is 1.33. The highest BCUT2D eigenvalue weighted by Crippen LogP contribution is 2.12. The Bertz CT molecular complexity index is 898. The molecule has 3 aromatic rings. The van der Waals surface area contributed by atoms with Gasteiger partial charge in [-0.15, -0.1) is 0 Å². The van der Waals surface area contributed by atoms with Gasteiger partial charge in [0.05, 0.1) is 0 Å². The summed E-state index contributed by atoms with van der Waals surface area (Å²) in [6.45, 7) is 3.08. The fraction of sp³-hybridized carbons (Fsp3) is 0.300. The van der Waals surface area contributed by atoms with Crippen LogP contribution in [0.2, 0.25) is 0 Å². The van der Waals surface area contributed by atoms with Crippen LogP contribution in [-0.4, -0.2) is 35.5 Å². The molecule has 3 rings (SSSR count). The maximum atomic E-state index is 11.7. The second-order valence-corrected chi connectivity index (χ2v) is 6.27. The lowest BCUT2D eigenvalue weighted by molar-refractivity contribution is -0.148. The van der Waals surface area contributed by atoms with E-state index in [0.29, 0.717) is 11.5 Å². The first kappa shape index (κ1) is 20.9. The molecule has 0 N–H and O–H groups in total. The van der Waals surface area contributed by atoms with Crippen molar-refractivity contribution in [1.82, 2.24) is 10.3 Å². The van der Waals surface area contributed by atoms with Crippen molar-refractivity contribution in [1.29, 1.82) is 0 Å². The largest absolute Gasteiger partial charge is 0.463 e. The molecule has 0 atom stereocenters. The van der Waals surface area contributed by atoms with Crippen molar-refractivity contribution in [3.63, 3.8) is 0 Å². The van der Waals surface area contributed by atoms with Crippen molar-refractivity contribution in [3.8, 4) is 11.8 Å². The predicted molar refractivity (Wildman–Crippen MR) is 99.5 cm³/mol. The maximum Gasteiger partial charge on any atom is 0.344 e. The quantitative estimate of drug-likeness (QED) is 0.455. The molecule has 1 aromatic carbocycles. The molecule has 0 amide bonds. The van der Waals surface area contributed by atoms with Gasteiger partial charge in [0, 0.05) is 12.1 Å². The molecule has 0 aliphatic heterocycles. The van der Waals surface area contributed by atoms with Gasteiger partial charge >= 0.3 is 11.9 Å². The zero-order valence-corrected chi connectivity index (χ0v) is 16.5. The number of hydrogen-bond donors (Lipinski definition) is 0. The number of esters is 2. The molecule has 2 aromatic heterocycles. The summed E-state index contributed by atoms with van der Waals surface area (Å²) in [4.78, 5) is 23.4. The number of benzene rings is 1. The Morgan fingerprint density at radius 3 is 1.50 bits per heavy atom. The van der Waals surface area contributed by atoms with Crippen molar-refractivity contribution in [2.45, 2.75) is 27.1 Å². The van der Waals surface area contributed by atoms with Gasteiger partial charge in [-0.1, -0.05) is 24.3 Å². The second-order valence-electron chi connectivity index (χ2n) is 6.27. The number of aromatic nitrogens is 2. The van der Waals surface area contributed by atoms with E-state index in [2.05, 4.69) is 10.3 Å². The van der Waals surface area contributed by atoms with Crippen LogP contribution in [0.1, 0.15) is 22.6 Å². The smallest absolute Gasteiger partial charge is 0.344 e. The molecule has 0 radical (unpaired) electrons. The Morgan fingerprint density at radius 1 is 0.767 bits per heavy atom. The van der Waals surface area contributed by atoms with Gasteiger partial charge in [-0.2, -0.15) is 0 Å². The van der Waals surface area contributed by atoms with Crippen LogP contribution in [0.25, 0.3) is 0 Å². The topological polar surface area (TPSA) is 123 Å². The van der Waals surface area contributed by atoms with Crippen molar-refractivity contribution >= 4 is 11.9 Å². The van der Waals surface area contributed by atoms with Gasteiger partial charge < -0.3 is 28.0 Å². The third-order valence-corrected chi connectivity index (χ3v) is 3.71. The molecule has 0 fully saturated rings. The van der Waals surface area contributed by atoms with Crippen LogP contribution in [0.15, 0.2) is 45.4 Å². The monoisotopic (exact) mass is 416 g/mol. The lowest BCUT2D eigenvalue weighted by Crippen LogP contribution is -2.15. The van der Waals surface area contributed by atoms with Gasteiger partial charge in [-0.25, -0.2) is 9.59 Å². The van der Waals surface area contributed by atoms with E-state index < -0.39 is 11.9 Å². The molecule has 0 saturated heterocycles. The van der Waals surface area contributed by atoms with Crippen molar-refractivity contribution < 1.29 is 37.6 Å². The zero-order valence-electron chi connectivity index (χ0n) is 16.5. The Hall–Kier alpha value is -3.82. The number of carbonyl (C=O) groups excluding carboxylic acids is 2. The molecule has 0 saturated carbocycles. The maximum absolute atomic E-state index is 11.7. The lowest BCUT2D eigenvalue weighted by atomic mass is 10.1. The van der Waals surface area contributed by atoms with Gasteiger partial charge in [-0.05, 0) is 35.3 Å². The van der Waals surface area contributed by atoms with Crippen molar-refractivity contribution in [2.75, 3.05) is 13.2 Å². The van der Waals surface area contributed by atoms with Gasteiger partial charge in [0.15, 0.2) is 13.2 Å². The highest BCUT2D eigenvalue weighted by molar-refractivity contribution is 5.71.